The molecule has 0 spiro atoms. The van der Waals surface area contributed by atoms with Crippen molar-refractivity contribution in [2.45, 2.75) is 11.4 Å². The van der Waals surface area contributed by atoms with E-state index in [0.29, 0.717) is 11.9 Å². The lowest BCUT2D eigenvalue weighted by Gasteiger charge is -2.04. The van der Waals surface area contributed by atoms with Crippen molar-refractivity contribution in [1.82, 2.24) is 4.57 Å². The second-order valence-corrected chi connectivity index (χ2v) is 7.10. The maximum absolute atomic E-state index is 11.7. The van der Waals surface area contributed by atoms with Crippen molar-refractivity contribution >= 4 is 30.6 Å². The molecule has 5 heteroatoms. The number of halogens is 1. The molecule has 3 aromatic rings. The first-order chi connectivity index (χ1) is 9.55. The first kappa shape index (κ1) is 13.2. The van der Waals surface area contributed by atoms with Crippen LogP contribution in [0.15, 0.2) is 65.7 Å². The lowest BCUT2D eigenvalue weighted by molar-refractivity contribution is 0.610. The molecule has 0 unspecified atom stereocenters. The molecule has 0 fully saturated rings. The Bertz CT molecular complexity index is 854. The molecule has 102 valence electrons. The summed E-state index contributed by atoms with van der Waals surface area (Å²) in [6, 6.07) is 17.2. The Morgan fingerprint density at radius 2 is 1.60 bits per heavy atom. The molecule has 3 rings (SSSR count). The predicted octanol–water partition coefficient (Wildman–Crippen LogP) is 3.62. The number of rotatable bonds is 3. The van der Waals surface area contributed by atoms with E-state index in [1.165, 1.54) is 0 Å². The van der Waals surface area contributed by atoms with Crippen molar-refractivity contribution in [3.63, 3.8) is 0 Å². The van der Waals surface area contributed by atoms with Gasteiger partial charge in [0.1, 0.15) is 4.90 Å². The van der Waals surface area contributed by atoms with Crippen LogP contribution in [0.1, 0.15) is 5.56 Å². The summed E-state index contributed by atoms with van der Waals surface area (Å²) in [6.45, 7) is 0.605. The van der Waals surface area contributed by atoms with Gasteiger partial charge in [0.25, 0.3) is 9.05 Å². The van der Waals surface area contributed by atoms with E-state index >= 15 is 0 Å². The predicted molar refractivity (Wildman–Crippen MR) is 80.5 cm³/mol. The van der Waals surface area contributed by atoms with Gasteiger partial charge in [0, 0.05) is 34.3 Å². The standard InChI is InChI=1S/C15H12ClNO2S/c16-20(18,19)15-11-17(10-12-6-2-1-3-7-12)14-9-5-4-8-13(14)15/h1-9,11H,10H2. The number of hydrogen-bond donors (Lipinski definition) is 0. The SMILES string of the molecule is O=S(=O)(Cl)c1cn(Cc2ccccc2)c2ccccc12. The summed E-state index contributed by atoms with van der Waals surface area (Å²) in [4.78, 5) is 0.158. The van der Waals surface area contributed by atoms with Crippen LogP contribution in [0.3, 0.4) is 0 Å². The fourth-order valence-corrected chi connectivity index (χ4v) is 3.38. The Labute approximate surface area is 121 Å². The number of fused-ring (bicyclic) bond motifs is 1. The summed E-state index contributed by atoms with van der Waals surface area (Å²) in [5.41, 5.74) is 1.96. The molecule has 3 nitrogen and oxygen atoms in total. The Morgan fingerprint density at radius 1 is 0.950 bits per heavy atom. The summed E-state index contributed by atoms with van der Waals surface area (Å²) in [7, 11) is 1.76. The molecule has 0 N–H and O–H groups in total. The summed E-state index contributed by atoms with van der Waals surface area (Å²) in [5.74, 6) is 0. The number of hydrogen-bond acceptors (Lipinski definition) is 2. The molecule has 1 heterocycles. The molecule has 20 heavy (non-hydrogen) atoms. The summed E-state index contributed by atoms with van der Waals surface area (Å²) >= 11 is 0. The quantitative estimate of drug-likeness (QED) is 0.693. The van der Waals surface area contributed by atoms with Crippen LogP contribution in [-0.2, 0) is 15.6 Å². The Morgan fingerprint density at radius 3 is 2.30 bits per heavy atom. The zero-order valence-electron chi connectivity index (χ0n) is 10.5. The molecule has 0 bridgehead atoms. The van der Waals surface area contributed by atoms with Gasteiger partial charge in [-0.3, -0.25) is 0 Å². The number of benzene rings is 2. The van der Waals surface area contributed by atoms with E-state index in [2.05, 4.69) is 0 Å². The Balaban J connectivity index is 2.17. The van der Waals surface area contributed by atoms with E-state index in [4.69, 9.17) is 10.7 Å². The molecule has 0 saturated carbocycles. The average Bonchev–Trinajstić information content (AvgIpc) is 2.79. The van der Waals surface area contributed by atoms with Crippen molar-refractivity contribution in [2.24, 2.45) is 0 Å². The molecular formula is C15H12ClNO2S. The zero-order chi connectivity index (χ0) is 14.2. The van der Waals surface area contributed by atoms with E-state index in [1.54, 1.807) is 18.3 Å². The van der Waals surface area contributed by atoms with Crippen LogP contribution in [-0.4, -0.2) is 13.0 Å². The molecule has 0 atom stereocenters. The lowest BCUT2D eigenvalue weighted by atomic mass is 10.2. The highest BCUT2D eigenvalue weighted by Crippen LogP contribution is 2.28. The van der Waals surface area contributed by atoms with Gasteiger partial charge in [-0.15, -0.1) is 0 Å². The monoisotopic (exact) mass is 305 g/mol. The van der Waals surface area contributed by atoms with E-state index < -0.39 is 9.05 Å². The van der Waals surface area contributed by atoms with Crippen molar-refractivity contribution in [3.05, 3.63) is 66.4 Å². The van der Waals surface area contributed by atoms with Gasteiger partial charge in [0.05, 0.1) is 0 Å². The maximum Gasteiger partial charge on any atom is 0.263 e. The van der Waals surface area contributed by atoms with Crippen LogP contribution in [0, 0.1) is 0 Å². The lowest BCUT2D eigenvalue weighted by Crippen LogP contribution is -1.97. The average molecular weight is 306 g/mol. The molecule has 0 aliphatic rings. The maximum atomic E-state index is 11.7. The summed E-state index contributed by atoms with van der Waals surface area (Å²) in [5, 5.41) is 0.651. The highest BCUT2D eigenvalue weighted by atomic mass is 35.7. The fourth-order valence-electron chi connectivity index (χ4n) is 2.32. The number of nitrogens with zero attached hydrogens (tertiary/aromatic N) is 1. The second kappa shape index (κ2) is 4.96. The van der Waals surface area contributed by atoms with Crippen LogP contribution in [0.5, 0.6) is 0 Å². The van der Waals surface area contributed by atoms with Gasteiger partial charge in [-0.05, 0) is 11.6 Å². The summed E-state index contributed by atoms with van der Waals surface area (Å²) in [6.07, 6.45) is 1.60. The van der Waals surface area contributed by atoms with Crippen LogP contribution in [0.25, 0.3) is 10.9 Å². The molecule has 0 amide bonds. The number of para-hydroxylation sites is 1. The largest absolute Gasteiger partial charge is 0.342 e. The topological polar surface area (TPSA) is 39.1 Å². The van der Waals surface area contributed by atoms with Crippen molar-refractivity contribution < 1.29 is 8.42 Å². The van der Waals surface area contributed by atoms with Crippen LogP contribution >= 0.6 is 10.7 Å². The van der Waals surface area contributed by atoms with Gasteiger partial charge in [-0.2, -0.15) is 0 Å². The minimum Gasteiger partial charge on any atom is -0.342 e. The minimum absolute atomic E-state index is 0.158. The summed E-state index contributed by atoms with van der Waals surface area (Å²) < 4.78 is 25.2. The molecular weight excluding hydrogens is 294 g/mol. The van der Waals surface area contributed by atoms with Gasteiger partial charge in [0.2, 0.25) is 0 Å². The van der Waals surface area contributed by atoms with Crippen LogP contribution in [0.2, 0.25) is 0 Å². The highest BCUT2D eigenvalue weighted by molar-refractivity contribution is 8.14. The molecule has 0 saturated heterocycles. The third kappa shape index (κ3) is 2.44. The zero-order valence-corrected chi connectivity index (χ0v) is 12.1. The number of aromatic nitrogens is 1. The Hall–Kier alpha value is -1.78. The molecule has 1 aromatic heterocycles. The van der Waals surface area contributed by atoms with E-state index in [-0.39, 0.29) is 4.90 Å². The third-order valence-corrected chi connectivity index (χ3v) is 4.56. The second-order valence-electron chi connectivity index (χ2n) is 4.56. The van der Waals surface area contributed by atoms with E-state index in [9.17, 15) is 8.42 Å². The van der Waals surface area contributed by atoms with Crippen molar-refractivity contribution in [1.29, 1.82) is 0 Å². The minimum atomic E-state index is -3.75. The molecule has 0 radical (unpaired) electrons. The van der Waals surface area contributed by atoms with Crippen LogP contribution in [0.4, 0.5) is 0 Å². The van der Waals surface area contributed by atoms with E-state index in [1.807, 2.05) is 47.0 Å². The highest BCUT2D eigenvalue weighted by Gasteiger charge is 2.18. The first-order valence-corrected chi connectivity index (χ1v) is 8.43. The van der Waals surface area contributed by atoms with Crippen LogP contribution < -0.4 is 0 Å². The van der Waals surface area contributed by atoms with Crippen molar-refractivity contribution in [2.75, 3.05) is 0 Å². The van der Waals surface area contributed by atoms with Gasteiger partial charge in [-0.25, -0.2) is 8.42 Å². The third-order valence-electron chi connectivity index (χ3n) is 3.21. The normalized spacial score (nSPS) is 11.8. The van der Waals surface area contributed by atoms with Gasteiger partial charge in [0.15, 0.2) is 0 Å². The van der Waals surface area contributed by atoms with Gasteiger partial charge >= 0.3 is 0 Å². The fraction of sp³-hybridized carbons (Fsp3) is 0.0667. The van der Waals surface area contributed by atoms with Gasteiger partial charge < -0.3 is 4.57 Å². The Kier molecular flexibility index (Phi) is 3.28. The molecule has 0 aliphatic carbocycles. The molecule has 2 aromatic carbocycles. The van der Waals surface area contributed by atoms with Gasteiger partial charge in [-0.1, -0.05) is 48.5 Å². The van der Waals surface area contributed by atoms with Crippen molar-refractivity contribution in [3.8, 4) is 0 Å². The van der Waals surface area contributed by atoms with E-state index in [0.717, 1.165) is 11.1 Å². The molecule has 0 aliphatic heterocycles. The first-order valence-electron chi connectivity index (χ1n) is 6.12. The smallest absolute Gasteiger partial charge is 0.263 e.